The summed E-state index contributed by atoms with van der Waals surface area (Å²) >= 11 is 0. The fourth-order valence-electron chi connectivity index (χ4n) is 7.36. The Bertz CT molecular complexity index is 1610. The van der Waals surface area contributed by atoms with E-state index in [1.807, 2.05) is 21.1 Å². The first kappa shape index (κ1) is 68.7. The molecular weight excluding hydrogens is 911 g/mol. The normalized spacial score (nSPS) is 13.7. The fourth-order valence-corrected chi connectivity index (χ4v) is 7.36. The van der Waals surface area contributed by atoms with Crippen molar-refractivity contribution >= 4 is 17.9 Å². The highest BCUT2D eigenvalue weighted by molar-refractivity contribution is 5.71. The summed E-state index contributed by atoms with van der Waals surface area (Å²) in [6.07, 6.45) is 72.9. The molecule has 0 amide bonds. The van der Waals surface area contributed by atoms with Crippen LogP contribution in [0.4, 0.5) is 0 Å². The molecule has 0 saturated carbocycles. The predicted octanol–water partition coefficient (Wildman–Crippen LogP) is 16.9. The van der Waals surface area contributed by atoms with E-state index in [4.69, 9.17) is 18.9 Å². The summed E-state index contributed by atoms with van der Waals surface area (Å²) in [5.74, 6) is -2.06. The maximum atomic E-state index is 12.9. The smallest absolute Gasteiger partial charge is 0.361 e. The first-order valence-corrected chi connectivity index (χ1v) is 28.7. The largest absolute Gasteiger partial charge is 0.477 e. The molecule has 2 atom stereocenters. The number of aliphatic carboxylic acids is 1. The van der Waals surface area contributed by atoms with Gasteiger partial charge >= 0.3 is 17.9 Å². The minimum Gasteiger partial charge on any atom is -0.477 e. The number of ether oxygens (including phenoxy) is 4. The van der Waals surface area contributed by atoms with Crippen molar-refractivity contribution in [2.75, 3.05) is 47.5 Å². The third kappa shape index (κ3) is 55.3. The number of hydrogen-bond acceptors (Lipinski definition) is 7. The summed E-state index contributed by atoms with van der Waals surface area (Å²) in [6.45, 7) is 4.59. The summed E-state index contributed by atoms with van der Waals surface area (Å²) in [5, 5.41) is 9.68. The molecule has 0 aliphatic carbocycles. The van der Waals surface area contributed by atoms with Crippen LogP contribution in [0.1, 0.15) is 206 Å². The van der Waals surface area contributed by atoms with Gasteiger partial charge in [0.15, 0.2) is 6.10 Å². The molecule has 0 aromatic carbocycles. The third-order valence-corrected chi connectivity index (χ3v) is 11.7. The molecule has 0 aromatic heterocycles. The number of nitrogens with zero attached hydrogens (tertiary/aromatic N) is 1. The van der Waals surface area contributed by atoms with Crippen LogP contribution in [-0.4, -0.2) is 87.4 Å². The number of carboxylic acid groups (broad SMARTS) is 1. The zero-order valence-electron chi connectivity index (χ0n) is 47.0. The number of carbonyl (C=O) groups excluding carboxylic acids is 2. The second-order valence-corrected chi connectivity index (χ2v) is 19.8. The summed E-state index contributed by atoms with van der Waals surface area (Å²) in [6, 6.07) is 0. The quantitative estimate of drug-likeness (QED) is 0.0211. The molecule has 0 fully saturated rings. The molecule has 0 aliphatic rings. The van der Waals surface area contributed by atoms with Gasteiger partial charge in [-0.2, -0.15) is 0 Å². The predicted molar refractivity (Wildman–Crippen MR) is 308 cm³/mol. The lowest BCUT2D eigenvalue weighted by Crippen LogP contribution is -2.40. The highest BCUT2D eigenvalue weighted by Gasteiger charge is 2.25. The lowest BCUT2D eigenvalue weighted by atomic mass is 10.0. The van der Waals surface area contributed by atoms with E-state index in [1.54, 1.807) is 0 Å². The Kier molecular flexibility index (Phi) is 50.8. The maximum Gasteiger partial charge on any atom is 0.361 e. The number of likely N-dealkylation sites (N-methyl/N-ethyl adjacent to an activating group) is 1. The Hall–Kier alpha value is -4.31. The van der Waals surface area contributed by atoms with Gasteiger partial charge in [-0.25, -0.2) is 4.79 Å². The topological polar surface area (TPSA) is 108 Å². The van der Waals surface area contributed by atoms with Crippen LogP contribution >= 0.6 is 0 Å². The van der Waals surface area contributed by atoms with Crippen LogP contribution in [0.25, 0.3) is 0 Å². The van der Waals surface area contributed by atoms with Crippen molar-refractivity contribution in [2.24, 2.45) is 0 Å². The van der Waals surface area contributed by atoms with E-state index in [-0.39, 0.29) is 38.6 Å². The molecule has 0 radical (unpaired) electrons. The number of unbranched alkanes of at least 4 members (excludes halogenated alkanes) is 16. The van der Waals surface area contributed by atoms with Crippen molar-refractivity contribution in [3.05, 3.63) is 122 Å². The van der Waals surface area contributed by atoms with Crippen molar-refractivity contribution < 1.29 is 42.9 Å². The number of allylic oxidation sites excluding steroid dienone is 20. The lowest BCUT2D eigenvalue weighted by molar-refractivity contribution is -0.870. The zero-order valence-corrected chi connectivity index (χ0v) is 47.0. The van der Waals surface area contributed by atoms with E-state index < -0.39 is 24.3 Å². The van der Waals surface area contributed by atoms with Gasteiger partial charge in [-0.15, -0.1) is 0 Å². The molecule has 0 spiro atoms. The second kappa shape index (κ2) is 54.0. The van der Waals surface area contributed by atoms with Crippen molar-refractivity contribution in [1.82, 2.24) is 0 Å². The average molecular weight is 1020 g/mol. The molecule has 0 aromatic rings. The molecule has 9 heteroatoms. The number of quaternary nitrogens is 1. The summed E-state index contributed by atoms with van der Waals surface area (Å²) in [7, 11) is 5.95. The minimum atomic E-state index is -1.52. The van der Waals surface area contributed by atoms with Gasteiger partial charge in [0.2, 0.25) is 0 Å². The number of hydrogen-bond donors (Lipinski definition) is 1. The highest BCUT2D eigenvalue weighted by atomic mass is 16.7. The van der Waals surface area contributed by atoms with Gasteiger partial charge in [0, 0.05) is 12.8 Å². The molecule has 9 nitrogen and oxygen atoms in total. The first-order valence-electron chi connectivity index (χ1n) is 28.7. The molecule has 0 rings (SSSR count). The molecule has 73 heavy (non-hydrogen) atoms. The third-order valence-electron chi connectivity index (χ3n) is 11.7. The Morgan fingerprint density at radius 3 is 1.11 bits per heavy atom. The minimum absolute atomic E-state index is 0.177. The van der Waals surface area contributed by atoms with Gasteiger partial charge in [0.05, 0.1) is 34.4 Å². The molecule has 2 unspecified atom stereocenters. The van der Waals surface area contributed by atoms with Crippen LogP contribution in [0, 0.1) is 0 Å². The van der Waals surface area contributed by atoms with E-state index in [2.05, 4.69) is 135 Å². The van der Waals surface area contributed by atoms with Gasteiger partial charge in [-0.05, 0) is 103 Å². The lowest BCUT2D eigenvalue weighted by Gasteiger charge is -2.25. The van der Waals surface area contributed by atoms with Crippen LogP contribution in [-0.2, 0) is 33.3 Å². The number of carbonyl (C=O) groups is 3. The van der Waals surface area contributed by atoms with Gasteiger partial charge in [0.25, 0.3) is 6.29 Å². The van der Waals surface area contributed by atoms with Crippen LogP contribution in [0.2, 0.25) is 0 Å². The monoisotopic (exact) mass is 1020 g/mol. The van der Waals surface area contributed by atoms with Gasteiger partial charge in [-0.1, -0.05) is 212 Å². The van der Waals surface area contributed by atoms with E-state index in [0.717, 1.165) is 103 Å². The SMILES string of the molecule is CC/C=C\C/C=C\C/C=C\C/C=C\C/C=C\C/C=C\C/C=C\CCCCCCCCCCCCCCCC(=O)OC(COC(=O)CCCCC/C=C\C/C=C\C/C=C\CC)COC(OCC[N+](C)(C)C)C(=O)O. The Morgan fingerprint density at radius 1 is 0.411 bits per heavy atom. The molecule has 414 valence electrons. The van der Waals surface area contributed by atoms with Crippen LogP contribution in [0.3, 0.4) is 0 Å². The van der Waals surface area contributed by atoms with Gasteiger partial charge in [-0.3, -0.25) is 9.59 Å². The molecule has 0 aliphatic heterocycles. The van der Waals surface area contributed by atoms with Gasteiger partial charge in [0.1, 0.15) is 13.2 Å². The standard InChI is InChI=1S/C64H105NO8/c1-6-8-10-12-14-16-18-20-21-22-23-24-25-26-27-28-29-30-31-32-33-34-35-36-37-38-39-40-41-43-45-47-49-51-53-55-62(67)73-60(59-72-64(63(68)69)70-57-56-65(3,4)5)58-71-61(66)54-52-50-48-46-44-42-19-17-15-13-11-9-7-2/h8-11,14-17,20-21,23-24,26-27,29-30,32-33,42,44,60,64H,6-7,12-13,18-19,22,25,28,31,34-41,43,45-59H2,1-5H3/p+1/b10-8-,11-9-,16-14-,17-15-,21-20-,24-23-,27-26-,30-29-,33-32-,44-42-. The zero-order chi connectivity index (χ0) is 53.4. The van der Waals surface area contributed by atoms with E-state index in [9.17, 15) is 19.5 Å². The Labute approximate surface area is 447 Å². The molecule has 1 N–H and O–H groups in total. The number of rotatable bonds is 51. The highest BCUT2D eigenvalue weighted by Crippen LogP contribution is 2.15. The number of esters is 2. The van der Waals surface area contributed by atoms with Crippen molar-refractivity contribution in [1.29, 1.82) is 0 Å². The summed E-state index contributed by atoms with van der Waals surface area (Å²) in [5.41, 5.74) is 0. The fraction of sp³-hybridized carbons (Fsp3) is 0.641. The van der Waals surface area contributed by atoms with Crippen molar-refractivity contribution in [2.45, 2.75) is 219 Å². The van der Waals surface area contributed by atoms with E-state index >= 15 is 0 Å². The first-order chi connectivity index (χ1) is 35.6. The van der Waals surface area contributed by atoms with Crippen LogP contribution in [0.5, 0.6) is 0 Å². The molecular formula is C64H106NO8+. The molecule has 0 bridgehead atoms. The number of carboxylic acids is 1. The van der Waals surface area contributed by atoms with Crippen molar-refractivity contribution in [3.8, 4) is 0 Å². The van der Waals surface area contributed by atoms with E-state index in [0.29, 0.717) is 23.9 Å². The van der Waals surface area contributed by atoms with Crippen LogP contribution in [0.15, 0.2) is 122 Å². The second-order valence-electron chi connectivity index (χ2n) is 19.8. The summed E-state index contributed by atoms with van der Waals surface area (Å²) < 4.78 is 22.8. The van der Waals surface area contributed by atoms with Crippen molar-refractivity contribution in [3.63, 3.8) is 0 Å². The molecule has 0 saturated heterocycles. The Balaban J connectivity index is 4.16. The maximum absolute atomic E-state index is 12.9. The van der Waals surface area contributed by atoms with Gasteiger partial charge < -0.3 is 28.5 Å². The molecule has 0 heterocycles. The average Bonchev–Trinajstić information content (AvgIpc) is 3.36. The Morgan fingerprint density at radius 2 is 0.740 bits per heavy atom. The van der Waals surface area contributed by atoms with Crippen LogP contribution < -0.4 is 0 Å². The van der Waals surface area contributed by atoms with E-state index in [1.165, 1.54) is 64.2 Å². The summed E-state index contributed by atoms with van der Waals surface area (Å²) in [4.78, 5) is 37.3.